The van der Waals surface area contributed by atoms with Crippen LogP contribution >= 0.6 is 11.3 Å². The van der Waals surface area contributed by atoms with Crippen LogP contribution in [0.3, 0.4) is 0 Å². The molecule has 0 bridgehead atoms. The summed E-state index contributed by atoms with van der Waals surface area (Å²) in [4.78, 5) is 3.51. The molecule has 0 aromatic carbocycles. The standard InChI is InChI=1S/C10H19N3S/c1-8-6-9(7-14-8)10(12-11)4-5-13(2)3/h6-7,10,12H,4-5,11H2,1-3H3. The van der Waals surface area contributed by atoms with E-state index in [1.807, 2.05) is 0 Å². The molecule has 1 unspecified atom stereocenters. The lowest BCUT2D eigenvalue weighted by molar-refractivity contribution is 0.363. The number of aryl methyl sites for hydroxylation is 1. The van der Waals surface area contributed by atoms with Gasteiger partial charge in [-0.25, -0.2) is 0 Å². The highest BCUT2D eigenvalue weighted by atomic mass is 32.1. The molecule has 0 aliphatic heterocycles. The van der Waals surface area contributed by atoms with Crippen LogP contribution in [-0.4, -0.2) is 25.5 Å². The van der Waals surface area contributed by atoms with E-state index in [9.17, 15) is 0 Å². The van der Waals surface area contributed by atoms with E-state index in [0.717, 1.165) is 13.0 Å². The van der Waals surface area contributed by atoms with Crippen LogP contribution in [0, 0.1) is 6.92 Å². The first-order valence-electron chi connectivity index (χ1n) is 4.79. The van der Waals surface area contributed by atoms with Gasteiger partial charge in [-0.2, -0.15) is 0 Å². The first-order chi connectivity index (χ1) is 6.63. The maximum absolute atomic E-state index is 5.54. The minimum Gasteiger partial charge on any atom is -0.309 e. The van der Waals surface area contributed by atoms with E-state index in [1.165, 1.54) is 10.4 Å². The summed E-state index contributed by atoms with van der Waals surface area (Å²) in [5.74, 6) is 5.54. The van der Waals surface area contributed by atoms with Crippen molar-refractivity contribution < 1.29 is 0 Å². The Balaban J connectivity index is 2.54. The van der Waals surface area contributed by atoms with Crippen molar-refractivity contribution in [1.29, 1.82) is 0 Å². The lowest BCUT2D eigenvalue weighted by Gasteiger charge is -2.17. The molecule has 3 N–H and O–H groups in total. The predicted molar refractivity (Wildman–Crippen MR) is 62.3 cm³/mol. The summed E-state index contributed by atoms with van der Waals surface area (Å²) in [7, 11) is 4.15. The fourth-order valence-corrected chi connectivity index (χ4v) is 2.14. The van der Waals surface area contributed by atoms with Crippen LogP contribution in [0.4, 0.5) is 0 Å². The average molecular weight is 213 g/mol. The van der Waals surface area contributed by atoms with Crippen molar-refractivity contribution in [1.82, 2.24) is 10.3 Å². The van der Waals surface area contributed by atoms with Gasteiger partial charge in [0.1, 0.15) is 0 Å². The first-order valence-corrected chi connectivity index (χ1v) is 5.67. The smallest absolute Gasteiger partial charge is 0.0480 e. The molecule has 0 amide bonds. The van der Waals surface area contributed by atoms with Crippen molar-refractivity contribution in [2.24, 2.45) is 5.84 Å². The SMILES string of the molecule is Cc1cc(C(CCN(C)C)NN)cs1. The lowest BCUT2D eigenvalue weighted by atomic mass is 10.1. The highest BCUT2D eigenvalue weighted by molar-refractivity contribution is 7.10. The van der Waals surface area contributed by atoms with Gasteiger partial charge in [0, 0.05) is 10.9 Å². The molecular weight excluding hydrogens is 194 g/mol. The monoisotopic (exact) mass is 213 g/mol. The number of hydrazine groups is 1. The molecule has 3 nitrogen and oxygen atoms in total. The van der Waals surface area contributed by atoms with Crippen molar-refractivity contribution in [3.63, 3.8) is 0 Å². The number of nitrogens with two attached hydrogens (primary N) is 1. The Morgan fingerprint density at radius 3 is 2.71 bits per heavy atom. The summed E-state index contributed by atoms with van der Waals surface area (Å²) in [6.45, 7) is 3.16. The van der Waals surface area contributed by atoms with E-state index in [2.05, 4.69) is 42.8 Å². The van der Waals surface area contributed by atoms with E-state index in [4.69, 9.17) is 5.84 Å². The zero-order chi connectivity index (χ0) is 10.6. The van der Waals surface area contributed by atoms with Gasteiger partial charge in [0.2, 0.25) is 0 Å². The average Bonchev–Trinajstić information content (AvgIpc) is 2.53. The molecule has 14 heavy (non-hydrogen) atoms. The maximum Gasteiger partial charge on any atom is 0.0480 e. The zero-order valence-corrected chi connectivity index (χ0v) is 9.90. The van der Waals surface area contributed by atoms with Gasteiger partial charge in [0.05, 0.1) is 0 Å². The third kappa shape index (κ3) is 3.38. The van der Waals surface area contributed by atoms with E-state index < -0.39 is 0 Å². The van der Waals surface area contributed by atoms with E-state index in [1.54, 1.807) is 11.3 Å². The summed E-state index contributed by atoms with van der Waals surface area (Å²) >= 11 is 1.77. The molecule has 0 saturated carbocycles. The van der Waals surface area contributed by atoms with Gasteiger partial charge >= 0.3 is 0 Å². The Labute approximate surface area is 89.9 Å². The lowest BCUT2D eigenvalue weighted by Crippen LogP contribution is -2.30. The summed E-state index contributed by atoms with van der Waals surface area (Å²) in [5, 5.41) is 2.18. The second kappa shape index (κ2) is 5.46. The number of rotatable bonds is 5. The number of hydrogen-bond acceptors (Lipinski definition) is 4. The number of hydrogen-bond donors (Lipinski definition) is 2. The Morgan fingerprint density at radius 2 is 2.29 bits per heavy atom. The number of nitrogens with zero attached hydrogens (tertiary/aromatic N) is 1. The van der Waals surface area contributed by atoms with Gasteiger partial charge in [0.25, 0.3) is 0 Å². The Morgan fingerprint density at radius 1 is 1.57 bits per heavy atom. The molecule has 1 aromatic heterocycles. The van der Waals surface area contributed by atoms with Crippen molar-refractivity contribution in [2.45, 2.75) is 19.4 Å². The molecule has 0 radical (unpaired) electrons. The Bertz CT molecular complexity index is 270. The normalized spacial score (nSPS) is 13.5. The summed E-state index contributed by atoms with van der Waals surface area (Å²) in [5.41, 5.74) is 4.17. The second-order valence-corrected chi connectivity index (χ2v) is 4.92. The molecular formula is C10H19N3S. The van der Waals surface area contributed by atoms with Crippen molar-refractivity contribution in [2.75, 3.05) is 20.6 Å². The quantitative estimate of drug-likeness (QED) is 0.575. The Hall–Kier alpha value is -0.420. The van der Waals surface area contributed by atoms with Crippen LogP contribution in [0.1, 0.15) is 22.9 Å². The molecule has 80 valence electrons. The summed E-state index contributed by atoms with van der Waals surface area (Å²) in [6, 6.07) is 2.48. The van der Waals surface area contributed by atoms with E-state index in [-0.39, 0.29) is 6.04 Å². The molecule has 0 saturated heterocycles. The predicted octanol–water partition coefficient (Wildman–Crippen LogP) is 1.51. The maximum atomic E-state index is 5.54. The second-order valence-electron chi connectivity index (χ2n) is 3.80. The third-order valence-electron chi connectivity index (χ3n) is 2.22. The van der Waals surface area contributed by atoms with Crippen LogP contribution in [-0.2, 0) is 0 Å². The topological polar surface area (TPSA) is 41.3 Å². The fourth-order valence-electron chi connectivity index (χ4n) is 1.38. The van der Waals surface area contributed by atoms with Crippen LogP contribution in [0.15, 0.2) is 11.4 Å². The molecule has 1 rings (SSSR count). The molecule has 0 spiro atoms. The summed E-state index contributed by atoms with van der Waals surface area (Å²) in [6.07, 6.45) is 1.04. The van der Waals surface area contributed by atoms with Crippen LogP contribution in [0.25, 0.3) is 0 Å². The molecule has 0 aliphatic carbocycles. The van der Waals surface area contributed by atoms with E-state index in [0.29, 0.717) is 0 Å². The van der Waals surface area contributed by atoms with Crippen molar-refractivity contribution in [3.8, 4) is 0 Å². The van der Waals surface area contributed by atoms with Crippen molar-refractivity contribution >= 4 is 11.3 Å². The van der Waals surface area contributed by atoms with E-state index >= 15 is 0 Å². The number of nitrogens with one attached hydrogen (secondary N) is 1. The summed E-state index contributed by atoms with van der Waals surface area (Å²) < 4.78 is 0. The molecule has 1 heterocycles. The van der Waals surface area contributed by atoms with Gasteiger partial charge in [-0.05, 0) is 51.0 Å². The van der Waals surface area contributed by atoms with Crippen LogP contribution in [0.2, 0.25) is 0 Å². The highest BCUT2D eigenvalue weighted by Crippen LogP contribution is 2.22. The van der Waals surface area contributed by atoms with Gasteiger partial charge in [-0.3, -0.25) is 11.3 Å². The minimum absolute atomic E-state index is 0.280. The molecule has 1 atom stereocenters. The van der Waals surface area contributed by atoms with Crippen molar-refractivity contribution in [3.05, 3.63) is 21.9 Å². The molecule has 0 aliphatic rings. The molecule has 1 aromatic rings. The van der Waals surface area contributed by atoms with Gasteiger partial charge in [0.15, 0.2) is 0 Å². The van der Waals surface area contributed by atoms with Gasteiger partial charge < -0.3 is 4.90 Å². The van der Waals surface area contributed by atoms with Crippen LogP contribution < -0.4 is 11.3 Å². The van der Waals surface area contributed by atoms with Gasteiger partial charge in [-0.15, -0.1) is 11.3 Å². The Kier molecular flexibility index (Phi) is 4.54. The molecule has 4 heteroatoms. The minimum atomic E-state index is 0.280. The van der Waals surface area contributed by atoms with Gasteiger partial charge in [-0.1, -0.05) is 0 Å². The third-order valence-corrected chi connectivity index (χ3v) is 3.10. The zero-order valence-electron chi connectivity index (χ0n) is 9.08. The molecule has 0 fully saturated rings. The largest absolute Gasteiger partial charge is 0.309 e. The fraction of sp³-hybridized carbons (Fsp3) is 0.600. The van der Waals surface area contributed by atoms with Crippen LogP contribution in [0.5, 0.6) is 0 Å². The number of thiophene rings is 1. The first kappa shape index (κ1) is 11.7. The highest BCUT2D eigenvalue weighted by Gasteiger charge is 2.10.